The number of rotatable bonds is 3. The third kappa shape index (κ3) is 1.55. The first kappa shape index (κ1) is 7.69. The monoisotopic (exact) mass is 159 g/mol. The van der Waals surface area contributed by atoms with Crippen molar-refractivity contribution in [3.8, 4) is 0 Å². The maximum atomic E-state index is 12.2. The van der Waals surface area contributed by atoms with Gasteiger partial charge in [-0.2, -0.15) is 0 Å². The Bertz CT molecular complexity index is 170. The second-order valence-corrected chi connectivity index (χ2v) is 2.99. The highest BCUT2D eigenvalue weighted by atomic mass is 32.1. The van der Waals surface area contributed by atoms with Gasteiger partial charge < -0.3 is 5.32 Å². The van der Waals surface area contributed by atoms with Crippen molar-refractivity contribution in [1.29, 1.82) is 0 Å². The van der Waals surface area contributed by atoms with Gasteiger partial charge in [0.1, 0.15) is 6.67 Å². The summed E-state index contributed by atoms with van der Waals surface area (Å²) in [4.78, 5) is 1.06. The van der Waals surface area contributed by atoms with Gasteiger partial charge in [0.15, 0.2) is 0 Å². The third-order valence-electron chi connectivity index (χ3n) is 1.39. The number of hydrogen-bond acceptors (Lipinski definition) is 2. The number of thiophene rings is 1. The van der Waals surface area contributed by atoms with Crippen LogP contribution in [0, 0.1) is 0 Å². The summed E-state index contributed by atoms with van der Waals surface area (Å²) in [6.45, 7) is -0.336. The molecule has 0 saturated carbocycles. The SMILES string of the molecule is CNC(CF)c1cccs1. The van der Waals surface area contributed by atoms with Crippen molar-refractivity contribution in [1.82, 2.24) is 5.32 Å². The third-order valence-corrected chi connectivity index (χ3v) is 2.38. The van der Waals surface area contributed by atoms with Crippen molar-refractivity contribution in [2.75, 3.05) is 13.7 Å². The number of nitrogens with one attached hydrogen (secondary N) is 1. The van der Waals surface area contributed by atoms with Crippen molar-refractivity contribution < 1.29 is 4.39 Å². The predicted molar refractivity (Wildman–Crippen MR) is 42.1 cm³/mol. The van der Waals surface area contributed by atoms with E-state index >= 15 is 0 Å². The van der Waals surface area contributed by atoms with Crippen LogP contribution in [-0.4, -0.2) is 13.7 Å². The molecule has 1 nitrogen and oxygen atoms in total. The fourth-order valence-electron chi connectivity index (χ4n) is 0.785. The van der Waals surface area contributed by atoms with E-state index < -0.39 is 0 Å². The minimum Gasteiger partial charge on any atom is -0.310 e. The first-order valence-corrected chi connectivity index (χ1v) is 4.03. The van der Waals surface area contributed by atoms with Gasteiger partial charge in [-0.1, -0.05) is 6.07 Å². The number of hydrogen-bond donors (Lipinski definition) is 1. The lowest BCUT2D eigenvalue weighted by atomic mass is 10.3. The topological polar surface area (TPSA) is 12.0 Å². The van der Waals surface area contributed by atoms with E-state index in [1.165, 1.54) is 0 Å². The van der Waals surface area contributed by atoms with E-state index in [4.69, 9.17) is 0 Å². The average Bonchev–Trinajstić information content (AvgIpc) is 2.43. The molecule has 1 N–H and O–H groups in total. The van der Waals surface area contributed by atoms with Crippen molar-refractivity contribution in [2.24, 2.45) is 0 Å². The summed E-state index contributed by atoms with van der Waals surface area (Å²) in [5, 5.41) is 4.84. The van der Waals surface area contributed by atoms with Crippen molar-refractivity contribution in [2.45, 2.75) is 6.04 Å². The zero-order chi connectivity index (χ0) is 7.40. The normalized spacial score (nSPS) is 13.4. The summed E-state index contributed by atoms with van der Waals surface area (Å²) in [7, 11) is 1.77. The Hall–Kier alpha value is -0.410. The highest BCUT2D eigenvalue weighted by Crippen LogP contribution is 2.18. The molecule has 0 bridgehead atoms. The summed E-state index contributed by atoms with van der Waals surface area (Å²) < 4.78 is 12.2. The van der Waals surface area contributed by atoms with Gasteiger partial charge in [-0.25, -0.2) is 4.39 Å². The smallest absolute Gasteiger partial charge is 0.110 e. The van der Waals surface area contributed by atoms with Gasteiger partial charge in [0.25, 0.3) is 0 Å². The molecular formula is C7H10FNS. The highest BCUT2D eigenvalue weighted by Gasteiger charge is 2.07. The fraction of sp³-hybridized carbons (Fsp3) is 0.429. The van der Waals surface area contributed by atoms with E-state index in [9.17, 15) is 4.39 Å². The van der Waals surface area contributed by atoms with Gasteiger partial charge in [-0.05, 0) is 18.5 Å². The number of alkyl halides is 1. The van der Waals surface area contributed by atoms with E-state index in [-0.39, 0.29) is 12.7 Å². The van der Waals surface area contributed by atoms with Crippen molar-refractivity contribution in [3.63, 3.8) is 0 Å². The van der Waals surface area contributed by atoms with Gasteiger partial charge in [0.05, 0.1) is 6.04 Å². The second kappa shape index (κ2) is 3.68. The molecule has 0 fully saturated rings. The first-order chi connectivity index (χ1) is 4.88. The molecule has 1 heterocycles. The van der Waals surface area contributed by atoms with Crippen LogP contribution in [0.15, 0.2) is 17.5 Å². The van der Waals surface area contributed by atoms with Crippen LogP contribution in [0.25, 0.3) is 0 Å². The molecule has 0 radical (unpaired) electrons. The van der Waals surface area contributed by atoms with Gasteiger partial charge in [0.2, 0.25) is 0 Å². The molecule has 56 valence electrons. The maximum absolute atomic E-state index is 12.2. The fourth-order valence-corrected chi connectivity index (χ4v) is 1.60. The largest absolute Gasteiger partial charge is 0.310 e. The van der Waals surface area contributed by atoms with Crippen LogP contribution >= 0.6 is 11.3 Å². The molecular weight excluding hydrogens is 149 g/mol. The van der Waals surface area contributed by atoms with E-state index in [0.717, 1.165) is 4.88 Å². The molecule has 3 heteroatoms. The molecule has 0 amide bonds. The summed E-state index contributed by atoms with van der Waals surface area (Å²) in [6.07, 6.45) is 0. The van der Waals surface area contributed by atoms with Gasteiger partial charge in [0, 0.05) is 4.88 Å². The summed E-state index contributed by atoms with van der Waals surface area (Å²) in [5.41, 5.74) is 0. The van der Waals surface area contributed by atoms with Crippen LogP contribution in [-0.2, 0) is 0 Å². The van der Waals surface area contributed by atoms with Crippen LogP contribution in [0.3, 0.4) is 0 Å². The first-order valence-electron chi connectivity index (χ1n) is 3.15. The molecule has 1 aromatic rings. The van der Waals surface area contributed by atoms with Crippen molar-refractivity contribution >= 4 is 11.3 Å². The molecule has 0 aliphatic carbocycles. The molecule has 1 rings (SSSR count). The lowest BCUT2D eigenvalue weighted by Crippen LogP contribution is -2.16. The molecule has 0 aromatic carbocycles. The molecule has 0 aliphatic heterocycles. The Labute approximate surface area is 63.9 Å². The van der Waals surface area contributed by atoms with Gasteiger partial charge in [-0.15, -0.1) is 11.3 Å². The zero-order valence-electron chi connectivity index (χ0n) is 5.80. The van der Waals surface area contributed by atoms with E-state index in [1.807, 2.05) is 17.5 Å². The van der Waals surface area contributed by atoms with Gasteiger partial charge in [-0.3, -0.25) is 0 Å². The average molecular weight is 159 g/mol. The molecule has 0 saturated heterocycles. The molecule has 0 spiro atoms. The lowest BCUT2D eigenvalue weighted by molar-refractivity contribution is 0.403. The van der Waals surface area contributed by atoms with Crippen LogP contribution in [0.2, 0.25) is 0 Å². The molecule has 1 aromatic heterocycles. The quantitative estimate of drug-likeness (QED) is 0.711. The van der Waals surface area contributed by atoms with E-state index in [2.05, 4.69) is 5.32 Å². The Kier molecular flexibility index (Phi) is 2.83. The number of halogens is 1. The molecule has 1 unspecified atom stereocenters. The minimum atomic E-state index is -0.336. The molecule has 1 atom stereocenters. The van der Waals surface area contributed by atoms with Gasteiger partial charge >= 0.3 is 0 Å². The van der Waals surface area contributed by atoms with Crippen LogP contribution in [0.4, 0.5) is 4.39 Å². The Morgan fingerprint density at radius 3 is 3.00 bits per heavy atom. The molecule has 0 aliphatic rings. The van der Waals surface area contributed by atoms with Crippen LogP contribution in [0.1, 0.15) is 10.9 Å². The standard InChI is InChI=1S/C7H10FNS/c1-9-6(5-8)7-3-2-4-10-7/h2-4,6,9H,5H2,1H3. The zero-order valence-corrected chi connectivity index (χ0v) is 6.62. The summed E-state index contributed by atoms with van der Waals surface area (Å²) >= 11 is 1.58. The Balaban J connectivity index is 2.64. The Morgan fingerprint density at radius 2 is 2.60 bits per heavy atom. The summed E-state index contributed by atoms with van der Waals surface area (Å²) in [5.74, 6) is 0. The minimum absolute atomic E-state index is 0.111. The highest BCUT2D eigenvalue weighted by molar-refractivity contribution is 7.10. The second-order valence-electron chi connectivity index (χ2n) is 2.01. The lowest BCUT2D eigenvalue weighted by Gasteiger charge is -2.07. The van der Waals surface area contributed by atoms with E-state index in [0.29, 0.717) is 0 Å². The summed E-state index contributed by atoms with van der Waals surface area (Å²) in [6, 6.07) is 3.76. The molecule has 10 heavy (non-hydrogen) atoms. The van der Waals surface area contributed by atoms with Crippen LogP contribution in [0.5, 0.6) is 0 Å². The Morgan fingerprint density at radius 1 is 1.80 bits per heavy atom. The van der Waals surface area contributed by atoms with Crippen LogP contribution < -0.4 is 5.32 Å². The predicted octanol–water partition coefficient (Wildman–Crippen LogP) is 1.98. The van der Waals surface area contributed by atoms with E-state index in [1.54, 1.807) is 18.4 Å². The van der Waals surface area contributed by atoms with Crippen molar-refractivity contribution in [3.05, 3.63) is 22.4 Å². The maximum Gasteiger partial charge on any atom is 0.110 e.